The Kier molecular flexibility index (Phi) is 6.32. The molecule has 0 radical (unpaired) electrons. The minimum Gasteiger partial charge on any atom is -0.381 e. The van der Waals surface area contributed by atoms with Gasteiger partial charge in [-0.15, -0.1) is 0 Å². The van der Waals surface area contributed by atoms with Crippen LogP contribution in [0, 0.1) is 5.92 Å². The lowest BCUT2D eigenvalue weighted by Crippen LogP contribution is -2.42. The van der Waals surface area contributed by atoms with E-state index < -0.39 is 8.07 Å². The van der Waals surface area contributed by atoms with Gasteiger partial charge in [-0.3, -0.25) is 0 Å². The van der Waals surface area contributed by atoms with E-state index in [1.807, 2.05) is 13.1 Å². The van der Waals surface area contributed by atoms with Gasteiger partial charge in [0.05, 0.1) is 12.7 Å². The molecule has 0 spiro atoms. The highest BCUT2D eigenvalue weighted by Crippen LogP contribution is 2.08. The van der Waals surface area contributed by atoms with Crippen molar-refractivity contribution in [3.63, 3.8) is 0 Å². The van der Waals surface area contributed by atoms with Gasteiger partial charge >= 0.3 is 0 Å². The molecule has 0 aromatic carbocycles. The maximum absolute atomic E-state index is 11.3. The average molecular weight is 232 g/mol. The van der Waals surface area contributed by atoms with Gasteiger partial charge in [-0.25, -0.2) is 0 Å². The highest BCUT2D eigenvalue weighted by Gasteiger charge is 2.27. The van der Waals surface area contributed by atoms with Gasteiger partial charge in [0.25, 0.3) is 0 Å². The molecule has 0 saturated carbocycles. The first kappa shape index (κ1) is 14.8. The van der Waals surface area contributed by atoms with E-state index in [-0.39, 0.29) is 6.10 Å². The zero-order valence-corrected chi connectivity index (χ0v) is 11.8. The highest BCUT2D eigenvalue weighted by atomic mass is 28.3. The van der Waals surface area contributed by atoms with Crippen LogP contribution < -0.4 is 0 Å². The molecule has 0 amide bonds. The van der Waals surface area contributed by atoms with Crippen molar-refractivity contribution in [1.29, 1.82) is 0 Å². The molecule has 0 saturated heterocycles. The number of carbonyl (C=O) groups excluding carboxylic acids is 1. The molecule has 1 atom stereocenters. The van der Waals surface area contributed by atoms with E-state index in [1.165, 1.54) is 0 Å². The van der Waals surface area contributed by atoms with Gasteiger partial charge in [0.15, 0.2) is 8.07 Å². The fourth-order valence-corrected chi connectivity index (χ4v) is 1.90. The van der Waals surface area contributed by atoms with Crippen molar-refractivity contribution in [3.05, 3.63) is 0 Å². The maximum atomic E-state index is 11.3. The second-order valence-corrected chi connectivity index (χ2v) is 9.73. The molecule has 0 rings (SSSR count). The predicted octanol–water partition coefficient (Wildman–Crippen LogP) is 2.05. The van der Waals surface area contributed by atoms with Crippen molar-refractivity contribution >= 4 is 13.5 Å². The monoisotopic (exact) mass is 232 g/mol. The molecular formula is C11H24O3Si. The number of ether oxygens (including phenoxy) is 2. The van der Waals surface area contributed by atoms with E-state index in [0.29, 0.717) is 24.2 Å². The lowest BCUT2D eigenvalue weighted by atomic mass is 10.1. The van der Waals surface area contributed by atoms with Crippen LogP contribution in [0.4, 0.5) is 0 Å². The third-order valence-corrected chi connectivity index (χ3v) is 5.58. The number of hydrogen-bond acceptors (Lipinski definition) is 3. The van der Waals surface area contributed by atoms with Crippen LogP contribution in [0.15, 0.2) is 0 Å². The number of carbonyl (C=O) groups is 1. The Morgan fingerprint density at radius 1 is 1.33 bits per heavy atom. The first-order chi connectivity index (χ1) is 6.81. The topological polar surface area (TPSA) is 35.5 Å². The molecule has 3 nitrogen and oxygen atoms in total. The maximum Gasteiger partial charge on any atom is 0.154 e. The SMILES string of the molecule is CO[C@H](COC[Si](C)(C)C(C)=O)C(C)C. The molecule has 0 fully saturated rings. The van der Waals surface area contributed by atoms with Crippen molar-refractivity contribution in [3.8, 4) is 0 Å². The van der Waals surface area contributed by atoms with E-state index in [4.69, 9.17) is 9.47 Å². The largest absolute Gasteiger partial charge is 0.381 e. The lowest BCUT2D eigenvalue weighted by Gasteiger charge is -2.23. The van der Waals surface area contributed by atoms with Gasteiger partial charge in [0.1, 0.15) is 5.41 Å². The van der Waals surface area contributed by atoms with E-state index in [9.17, 15) is 4.79 Å². The Bertz CT molecular complexity index is 202. The normalized spacial score (nSPS) is 14.3. The van der Waals surface area contributed by atoms with Crippen molar-refractivity contribution in [2.75, 3.05) is 19.9 Å². The fraction of sp³-hybridized carbons (Fsp3) is 0.909. The van der Waals surface area contributed by atoms with Gasteiger partial charge < -0.3 is 14.3 Å². The molecule has 0 aliphatic rings. The van der Waals surface area contributed by atoms with Crippen LogP contribution >= 0.6 is 0 Å². The van der Waals surface area contributed by atoms with Gasteiger partial charge in [0.2, 0.25) is 0 Å². The van der Waals surface area contributed by atoms with Crippen LogP contribution in [0.3, 0.4) is 0 Å². The Hall–Kier alpha value is -0.193. The third-order valence-electron chi connectivity index (χ3n) is 2.74. The van der Waals surface area contributed by atoms with Crippen LogP contribution in [-0.4, -0.2) is 39.5 Å². The summed E-state index contributed by atoms with van der Waals surface area (Å²) < 4.78 is 10.9. The van der Waals surface area contributed by atoms with E-state index in [1.54, 1.807) is 14.0 Å². The smallest absolute Gasteiger partial charge is 0.154 e. The Labute approximate surface area is 94.2 Å². The van der Waals surface area contributed by atoms with Gasteiger partial charge in [-0.1, -0.05) is 26.9 Å². The van der Waals surface area contributed by atoms with Gasteiger partial charge in [-0.05, 0) is 12.8 Å². The third kappa shape index (κ3) is 5.44. The lowest BCUT2D eigenvalue weighted by molar-refractivity contribution is -0.111. The summed E-state index contributed by atoms with van der Waals surface area (Å²) >= 11 is 0. The van der Waals surface area contributed by atoms with Crippen molar-refractivity contribution in [2.45, 2.75) is 40.0 Å². The zero-order chi connectivity index (χ0) is 12.1. The predicted molar refractivity (Wildman–Crippen MR) is 64.6 cm³/mol. The molecule has 0 unspecified atom stereocenters. The summed E-state index contributed by atoms with van der Waals surface area (Å²) in [5, 5.41) is 0.293. The molecular weight excluding hydrogens is 208 g/mol. The van der Waals surface area contributed by atoms with Crippen LogP contribution in [0.5, 0.6) is 0 Å². The fourth-order valence-electron chi connectivity index (χ4n) is 1.06. The molecule has 0 bridgehead atoms. The molecule has 0 aliphatic carbocycles. The summed E-state index contributed by atoms with van der Waals surface area (Å²) in [6, 6.07) is 0. The van der Waals surface area contributed by atoms with E-state index in [2.05, 4.69) is 13.8 Å². The highest BCUT2D eigenvalue weighted by molar-refractivity contribution is 7.04. The standard InChI is InChI=1S/C11H24O3Si/c1-9(2)11(13-4)7-14-8-15(5,6)10(3)12/h9,11H,7-8H2,1-6H3/t11-/m1/s1. The number of hydrogen-bond donors (Lipinski definition) is 0. The Morgan fingerprint density at radius 3 is 2.20 bits per heavy atom. The van der Waals surface area contributed by atoms with Crippen LogP contribution in [0.25, 0.3) is 0 Å². The first-order valence-electron chi connectivity index (χ1n) is 5.43. The van der Waals surface area contributed by atoms with Crippen molar-refractivity contribution < 1.29 is 14.3 Å². The number of methoxy groups -OCH3 is 1. The van der Waals surface area contributed by atoms with Crippen LogP contribution in [0.1, 0.15) is 20.8 Å². The summed E-state index contributed by atoms with van der Waals surface area (Å²) in [5.74, 6) is 0.442. The second kappa shape index (κ2) is 6.40. The molecule has 0 aromatic heterocycles. The molecule has 90 valence electrons. The summed E-state index contributed by atoms with van der Waals surface area (Å²) in [6.07, 6.45) is 0.719. The molecule has 15 heavy (non-hydrogen) atoms. The summed E-state index contributed by atoms with van der Waals surface area (Å²) in [6.45, 7) is 10.5. The minimum absolute atomic E-state index is 0.127. The molecule has 0 aliphatic heterocycles. The summed E-state index contributed by atoms with van der Waals surface area (Å²) in [7, 11) is -0.116. The molecule has 0 N–H and O–H groups in total. The van der Waals surface area contributed by atoms with Gasteiger partial charge in [-0.2, -0.15) is 0 Å². The Morgan fingerprint density at radius 2 is 1.87 bits per heavy atom. The average Bonchev–Trinajstić information content (AvgIpc) is 2.11. The van der Waals surface area contributed by atoms with Crippen LogP contribution in [-0.2, 0) is 14.3 Å². The molecule has 4 heteroatoms. The summed E-state index contributed by atoms with van der Waals surface area (Å²) in [5.41, 5.74) is 0. The quantitative estimate of drug-likeness (QED) is 0.630. The summed E-state index contributed by atoms with van der Waals surface area (Å²) in [4.78, 5) is 11.3. The Balaban J connectivity index is 3.92. The molecule has 0 aromatic rings. The first-order valence-corrected chi connectivity index (χ1v) is 8.63. The van der Waals surface area contributed by atoms with Crippen molar-refractivity contribution in [2.24, 2.45) is 5.92 Å². The second-order valence-electron chi connectivity index (χ2n) is 4.97. The number of rotatable bonds is 7. The van der Waals surface area contributed by atoms with E-state index >= 15 is 0 Å². The van der Waals surface area contributed by atoms with E-state index in [0.717, 1.165) is 0 Å². The van der Waals surface area contributed by atoms with Crippen molar-refractivity contribution in [1.82, 2.24) is 0 Å². The van der Waals surface area contributed by atoms with Gasteiger partial charge in [0, 0.05) is 13.3 Å². The van der Waals surface area contributed by atoms with Crippen LogP contribution in [0.2, 0.25) is 13.1 Å². The zero-order valence-electron chi connectivity index (χ0n) is 10.8. The molecule has 0 heterocycles. The minimum atomic E-state index is -1.81.